The van der Waals surface area contributed by atoms with Gasteiger partial charge in [0.2, 0.25) is 0 Å². The van der Waals surface area contributed by atoms with Crippen LogP contribution in [0.4, 0.5) is 0 Å². The van der Waals surface area contributed by atoms with E-state index < -0.39 is 0 Å². The molecule has 1 amide bonds. The average molecular weight is 151 g/mol. The maximum absolute atomic E-state index is 10.9. The summed E-state index contributed by atoms with van der Waals surface area (Å²) in [5.74, 6) is 4.64. The number of rotatable bonds is 1. The van der Waals surface area contributed by atoms with Crippen LogP contribution in [-0.4, -0.2) is 5.91 Å². The molecule has 0 atom stereocenters. The molecule has 0 aromatic carbocycles. The van der Waals surface area contributed by atoms with Crippen LogP contribution in [0.2, 0.25) is 0 Å². The Morgan fingerprint density at radius 3 is 3.09 bits per heavy atom. The van der Waals surface area contributed by atoms with Gasteiger partial charge in [-0.25, -0.2) is 5.84 Å². The Kier molecular flexibility index (Phi) is 2.46. The zero-order valence-corrected chi connectivity index (χ0v) is 5.87. The van der Waals surface area contributed by atoms with Gasteiger partial charge in [0.25, 0.3) is 5.91 Å². The summed E-state index contributed by atoms with van der Waals surface area (Å²) in [5, 5.41) is 2.82. The second-order valence-electron chi connectivity index (χ2n) is 1.95. The van der Waals surface area contributed by atoms with Crippen LogP contribution in [0, 0.1) is 0 Å². The van der Waals surface area contributed by atoms with Crippen molar-refractivity contribution in [3.63, 3.8) is 0 Å². The second-order valence-corrected chi connectivity index (χ2v) is 1.95. The lowest BCUT2D eigenvalue weighted by molar-refractivity contribution is -0.117. The summed E-state index contributed by atoms with van der Waals surface area (Å²) in [4.78, 5) is 10.9. The van der Waals surface area contributed by atoms with Crippen LogP contribution < -0.4 is 16.6 Å². The van der Waals surface area contributed by atoms with Gasteiger partial charge < -0.3 is 5.32 Å². The monoisotopic (exact) mass is 151 g/mol. The molecule has 1 rings (SSSR count). The van der Waals surface area contributed by atoms with Crippen molar-refractivity contribution in [2.24, 2.45) is 5.84 Å². The van der Waals surface area contributed by atoms with Gasteiger partial charge in [-0.05, 0) is 18.2 Å². The molecular weight excluding hydrogens is 142 g/mol. The minimum Gasteiger partial charge on any atom is -0.368 e. The van der Waals surface area contributed by atoms with Crippen molar-refractivity contribution >= 4 is 5.91 Å². The molecule has 1 heterocycles. The van der Waals surface area contributed by atoms with Crippen LogP contribution in [0.15, 0.2) is 36.2 Å². The number of amides is 1. The second kappa shape index (κ2) is 3.58. The lowest BCUT2D eigenvalue weighted by Gasteiger charge is -1.96. The average Bonchev–Trinajstić information content (AvgIpc) is 2.30. The predicted octanol–water partition coefficient (Wildman–Crippen LogP) is -0.467. The minimum absolute atomic E-state index is 0.297. The first kappa shape index (κ1) is 7.56. The third kappa shape index (κ3) is 1.94. The van der Waals surface area contributed by atoms with E-state index in [0.717, 1.165) is 0 Å². The normalized spacial score (nSPS) is 14.8. The quantitative estimate of drug-likeness (QED) is 0.270. The van der Waals surface area contributed by atoms with E-state index in [2.05, 4.69) is 5.32 Å². The molecule has 1 aliphatic rings. The Bertz CT molecular complexity index is 240. The van der Waals surface area contributed by atoms with Crippen molar-refractivity contribution in [3.8, 4) is 0 Å². The summed E-state index contributed by atoms with van der Waals surface area (Å²) >= 11 is 0. The van der Waals surface area contributed by atoms with Gasteiger partial charge in [0, 0.05) is 18.0 Å². The van der Waals surface area contributed by atoms with Gasteiger partial charge in [-0.15, -0.1) is 0 Å². The third-order valence-electron chi connectivity index (χ3n) is 1.22. The Labute approximate surface area is 64.4 Å². The maximum Gasteiger partial charge on any atom is 0.265 e. The van der Waals surface area contributed by atoms with Gasteiger partial charge in [-0.1, -0.05) is 0 Å². The van der Waals surface area contributed by atoms with Gasteiger partial charge in [0.1, 0.15) is 0 Å². The summed E-state index contributed by atoms with van der Waals surface area (Å²) in [7, 11) is 0. The fourth-order valence-electron chi connectivity index (χ4n) is 0.691. The van der Waals surface area contributed by atoms with Crippen LogP contribution in [0.1, 0.15) is 0 Å². The molecule has 0 aliphatic carbocycles. The Morgan fingerprint density at radius 1 is 1.55 bits per heavy atom. The molecule has 11 heavy (non-hydrogen) atoms. The van der Waals surface area contributed by atoms with Crippen molar-refractivity contribution in [2.45, 2.75) is 0 Å². The topological polar surface area (TPSA) is 67.1 Å². The van der Waals surface area contributed by atoms with Gasteiger partial charge in [0.05, 0.1) is 0 Å². The third-order valence-corrected chi connectivity index (χ3v) is 1.22. The van der Waals surface area contributed by atoms with E-state index in [1.54, 1.807) is 30.6 Å². The summed E-state index contributed by atoms with van der Waals surface area (Å²) < 4.78 is 0. The molecule has 4 heteroatoms. The number of carbonyl (C=O) groups is 1. The van der Waals surface area contributed by atoms with Crippen molar-refractivity contribution in [1.82, 2.24) is 10.7 Å². The fourth-order valence-corrected chi connectivity index (χ4v) is 0.691. The van der Waals surface area contributed by atoms with Gasteiger partial charge in [0.15, 0.2) is 0 Å². The number of allylic oxidation sites excluding steroid dienone is 2. The molecule has 0 saturated heterocycles. The molecule has 0 bridgehead atoms. The van der Waals surface area contributed by atoms with Gasteiger partial charge in [-0.2, -0.15) is 0 Å². The maximum atomic E-state index is 10.9. The van der Waals surface area contributed by atoms with E-state index >= 15 is 0 Å². The number of hydrazine groups is 1. The highest BCUT2D eigenvalue weighted by Crippen LogP contribution is 1.98. The minimum atomic E-state index is -0.297. The molecule has 4 N–H and O–H groups in total. The van der Waals surface area contributed by atoms with E-state index in [0.29, 0.717) is 5.57 Å². The molecule has 1 aliphatic heterocycles. The highest BCUT2D eigenvalue weighted by Gasteiger charge is 2.02. The highest BCUT2D eigenvalue weighted by molar-refractivity contribution is 5.96. The highest BCUT2D eigenvalue weighted by atomic mass is 16.2. The van der Waals surface area contributed by atoms with Gasteiger partial charge in [-0.3, -0.25) is 10.2 Å². The van der Waals surface area contributed by atoms with Crippen molar-refractivity contribution in [3.05, 3.63) is 36.2 Å². The van der Waals surface area contributed by atoms with Crippen LogP contribution >= 0.6 is 0 Å². The largest absolute Gasteiger partial charge is 0.368 e. The lowest BCUT2D eigenvalue weighted by Crippen LogP contribution is -2.30. The number of hydrogen-bond donors (Lipinski definition) is 3. The lowest BCUT2D eigenvalue weighted by atomic mass is 10.2. The molecule has 0 radical (unpaired) electrons. The molecule has 0 saturated carbocycles. The summed E-state index contributed by atoms with van der Waals surface area (Å²) in [6, 6.07) is 0. The standard InChI is InChI=1S/C7H9N3O/c8-10-7(11)6-2-1-4-9-5-3-6/h1-5,9H,8H2,(H,10,11). The molecule has 0 unspecified atom stereocenters. The number of carbonyl (C=O) groups excluding carboxylic acids is 1. The Hall–Kier alpha value is -1.55. The molecule has 0 spiro atoms. The molecule has 0 aromatic heterocycles. The SMILES string of the molecule is NNC(=O)C1=CC=CNC=C1. The van der Waals surface area contributed by atoms with Crippen LogP contribution in [0.3, 0.4) is 0 Å². The number of hydrogen-bond acceptors (Lipinski definition) is 3. The van der Waals surface area contributed by atoms with Crippen LogP contribution in [0.25, 0.3) is 0 Å². The first-order valence-corrected chi connectivity index (χ1v) is 3.15. The molecule has 58 valence electrons. The van der Waals surface area contributed by atoms with Crippen molar-refractivity contribution in [1.29, 1.82) is 0 Å². The Balaban J connectivity index is 2.77. The first-order chi connectivity index (χ1) is 5.34. The molecule has 0 fully saturated rings. The number of nitrogens with one attached hydrogen (secondary N) is 2. The van der Waals surface area contributed by atoms with E-state index in [1.165, 1.54) is 0 Å². The Morgan fingerprint density at radius 2 is 2.36 bits per heavy atom. The summed E-state index contributed by atoms with van der Waals surface area (Å²) in [5.41, 5.74) is 2.56. The van der Waals surface area contributed by atoms with Crippen LogP contribution in [0.5, 0.6) is 0 Å². The van der Waals surface area contributed by atoms with Crippen LogP contribution in [-0.2, 0) is 4.79 Å². The van der Waals surface area contributed by atoms with E-state index in [9.17, 15) is 4.79 Å². The molecule has 0 aromatic rings. The predicted molar refractivity (Wildman–Crippen MR) is 41.8 cm³/mol. The smallest absolute Gasteiger partial charge is 0.265 e. The van der Waals surface area contributed by atoms with Crippen molar-refractivity contribution in [2.75, 3.05) is 0 Å². The number of nitrogens with two attached hydrogens (primary N) is 1. The molecule has 4 nitrogen and oxygen atoms in total. The van der Waals surface area contributed by atoms with E-state index in [-0.39, 0.29) is 5.91 Å². The van der Waals surface area contributed by atoms with Crippen molar-refractivity contribution < 1.29 is 4.79 Å². The first-order valence-electron chi connectivity index (χ1n) is 3.15. The summed E-state index contributed by atoms with van der Waals surface area (Å²) in [6.45, 7) is 0. The zero-order chi connectivity index (χ0) is 8.10. The fraction of sp³-hybridized carbons (Fsp3) is 0. The zero-order valence-electron chi connectivity index (χ0n) is 5.87. The van der Waals surface area contributed by atoms with E-state index in [4.69, 9.17) is 5.84 Å². The van der Waals surface area contributed by atoms with Gasteiger partial charge >= 0.3 is 0 Å². The van der Waals surface area contributed by atoms with E-state index in [1.807, 2.05) is 5.43 Å². The summed E-state index contributed by atoms with van der Waals surface area (Å²) in [6.07, 6.45) is 8.41. The molecular formula is C7H9N3O.